The van der Waals surface area contributed by atoms with Crippen LogP contribution in [0.5, 0.6) is 5.75 Å². The lowest BCUT2D eigenvalue weighted by atomic mass is 9.71. The number of anilines is 1. The van der Waals surface area contributed by atoms with Gasteiger partial charge in [-0.2, -0.15) is 0 Å². The number of carbonyl (C=O) groups is 3. The highest BCUT2D eigenvalue weighted by Crippen LogP contribution is 2.45. The number of hydrogen-bond donors (Lipinski definition) is 2. The number of amides is 3. The van der Waals surface area contributed by atoms with Crippen molar-refractivity contribution in [1.82, 2.24) is 14.7 Å². The van der Waals surface area contributed by atoms with Gasteiger partial charge in [0.1, 0.15) is 5.75 Å². The van der Waals surface area contributed by atoms with Gasteiger partial charge in [0.25, 0.3) is 0 Å². The number of nitrogens with one attached hydrogen (secondary N) is 1. The highest BCUT2D eigenvalue weighted by Gasteiger charge is 2.51. The number of ether oxygens (including phenoxy) is 1. The van der Waals surface area contributed by atoms with E-state index in [0.29, 0.717) is 30.3 Å². The molecule has 3 aromatic carbocycles. The van der Waals surface area contributed by atoms with Gasteiger partial charge in [0.15, 0.2) is 5.78 Å². The summed E-state index contributed by atoms with van der Waals surface area (Å²) in [5, 5.41) is 3.07. The molecule has 0 aromatic heterocycles. The topological polar surface area (TPSA) is 108 Å². The molecular weight excluding hydrogens is 622 g/mol. The number of nitrogens with two attached hydrogens (primary N) is 1. The first-order valence-corrected chi connectivity index (χ1v) is 15.7. The fourth-order valence-corrected chi connectivity index (χ4v) is 6.95. The Morgan fingerprint density at radius 3 is 2.30 bits per heavy atom. The highest BCUT2D eigenvalue weighted by atomic mass is 79.9. The molecule has 4 atom stereocenters. The molecule has 0 radical (unpaired) electrons. The van der Waals surface area contributed by atoms with Crippen LogP contribution >= 0.6 is 15.9 Å². The Morgan fingerprint density at radius 1 is 0.977 bits per heavy atom. The summed E-state index contributed by atoms with van der Waals surface area (Å²) in [4.78, 5) is 46.1. The molecule has 3 aromatic rings. The summed E-state index contributed by atoms with van der Waals surface area (Å²) in [7, 11) is 5.74. The van der Waals surface area contributed by atoms with Crippen LogP contribution < -0.4 is 15.8 Å². The van der Waals surface area contributed by atoms with Crippen LogP contribution in [-0.4, -0.2) is 91.9 Å². The van der Waals surface area contributed by atoms with Crippen LogP contribution in [0.2, 0.25) is 0 Å². The first-order valence-electron chi connectivity index (χ1n) is 14.9. The zero-order valence-corrected chi connectivity index (χ0v) is 27.0. The summed E-state index contributed by atoms with van der Waals surface area (Å²) in [6.07, 6.45) is 1.08. The number of urea groups is 1. The Kier molecular flexibility index (Phi) is 10.0. The third-order valence-corrected chi connectivity index (χ3v) is 9.29. The van der Waals surface area contributed by atoms with E-state index in [0.717, 1.165) is 35.3 Å². The van der Waals surface area contributed by atoms with Gasteiger partial charge in [0.2, 0.25) is 5.91 Å². The van der Waals surface area contributed by atoms with Crippen molar-refractivity contribution in [3.63, 3.8) is 0 Å². The van der Waals surface area contributed by atoms with Crippen molar-refractivity contribution in [3.8, 4) is 5.75 Å². The van der Waals surface area contributed by atoms with E-state index in [-0.39, 0.29) is 41.8 Å². The van der Waals surface area contributed by atoms with Crippen LogP contribution in [0.4, 0.5) is 10.5 Å². The second-order valence-corrected chi connectivity index (χ2v) is 12.9. The van der Waals surface area contributed by atoms with E-state index in [4.69, 9.17) is 10.5 Å². The quantitative estimate of drug-likeness (QED) is 0.310. The Morgan fingerprint density at radius 2 is 1.66 bits per heavy atom. The van der Waals surface area contributed by atoms with E-state index in [1.54, 1.807) is 31.4 Å². The summed E-state index contributed by atoms with van der Waals surface area (Å²) < 4.78 is 6.24. The fourth-order valence-electron chi connectivity index (χ4n) is 6.69. The number of carbonyl (C=O) groups excluding carboxylic acids is 3. The molecule has 2 heterocycles. The number of rotatable bonds is 9. The summed E-state index contributed by atoms with van der Waals surface area (Å²) in [5.74, 6) is 0.320. The molecule has 1 unspecified atom stereocenters. The minimum atomic E-state index is -0.610. The summed E-state index contributed by atoms with van der Waals surface area (Å²) >= 11 is 3.55. The van der Waals surface area contributed by atoms with Crippen LogP contribution in [0.15, 0.2) is 77.3 Å². The van der Waals surface area contributed by atoms with Gasteiger partial charge >= 0.3 is 6.03 Å². The molecular formula is C34H40BrN5O4. The molecule has 10 heteroatoms. The maximum atomic E-state index is 13.8. The molecule has 2 aliphatic heterocycles. The maximum Gasteiger partial charge on any atom is 0.321 e. The van der Waals surface area contributed by atoms with Crippen molar-refractivity contribution in [2.45, 2.75) is 30.8 Å². The van der Waals surface area contributed by atoms with Crippen molar-refractivity contribution in [1.29, 1.82) is 0 Å². The van der Waals surface area contributed by atoms with E-state index in [1.807, 2.05) is 41.3 Å². The predicted octanol–water partition coefficient (Wildman–Crippen LogP) is 5.08. The molecule has 5 rings (SSSR count). The van der Waals surface area contributed by atoms with Gasteiger partial charge in [0, 0.05) is 71.9 Å². The second-order valence-electron chi connectivity index (χ2n) is 12.0. The third kappa shape index (κ3) is 7.14. The van der Waals surface area contributed by atoms with Gasteiger partial charge in [-0.25, -0.2) is 4.79 Å². The Bertz CT molecular complexity index is 1480. The minimum Gasteiger partial charge on any atom is -0.497 e. The number of hydrogen-bond acceptors (Lipinski definition) is 6. The standard InChI is InChI=1S/C34H40BrN5O4/c1-38(2)19-22-16-17-39(34(43)37-25-12-14-26(44-3)15-13-25)21-30-32(23-8-10-24(35)11-9-23)29(40(30)20-22)18-31(41)27-6-4-5-7-28(27)33(36)42/h4-15,22,29-30,32H,16-21H2,1-3H3,(H2,36,42)(H,37,43)/t22?,29-,30+,32+/m1/s1. The molecule has 0 bridgehead atoms. The second kappa shape index (κ2) is 13.9. The van der Waals surface area contributed by atoms with Crippen LogP contribution in [0, 0.1) is 5.92 Å². The van der Waals surface area contributed by atoms with Gasteiger partial charge in [-0.05, 0) is 74.5 Å². The predicted molar refractivity (Wildman–Crippen MR) is 175 cm³/mol. The van der Waals surface area contributed by atoms with Crippen molar-refractivity contribution in [2.75, 3.05) is 52.7 Å². The number of benzene rings is 3. The van der Waals surface area contributed by atoms with Crippen molar-refractivity contribution in [2.24, 2.45) is 11.7 Å². The van der Waals surface area contributed by atoms with Gasteiger partial charge in [-0.3, -0.25) is 14.5 Å². The van der Waals surface area contributed by atoms with Gasteiger partial charge in [0.05, 0.1) is 7.11 Å². The van der Waals surface area contributed by atoms with E-state index in [2.05, 4.69) is 57.3 Å². The Hall–Kier alpha value is -3.73. The number of nitrogens with zero attached hydrogens (tertiary/aromatic N) is 3. The molecule has 3 amide bonds. The van der Waals surface area contributed by atoms with Crippen molar-refractivity contribution >= 4 is 39.3 Å². The van der Waals surface area contributed by atoms with E-state index in [1.165, 1.54) is 0 Å². The van der Waals surface area contributed by atoms with Gasteiger partial charge < -0.3 is 25.6 Å². The van der Waals surface area contributed by atoms with Crippen LogP contribution in [0.3, 0.4) is 0 Å². The Balaban J connectivity index is 1.45. The van der Waals surface area contributed by atoms with E-state index < -0.39 is 5.91 Å². The number of halogens is 1. The summed E-state index contributed by atoms with van der Waals surface area (Å²) in [6, 6.07) is 22.1. The third-order valence-electron chi connectivity index (χ3n) is 8.76. The molecule has 0 spiro atoms. The lowest BCUT2D eigenvalue weighted by molar-refractivity contribution is -0.0508. The normalized spacial score (nSPS) is 21.9. The lowest BCUT2D eigenvalue weighted by Crippen LogP contribution is -2.68. The van der Waals surface area contributed by atoms with Crippen molar-refractivity contribution < 1.29 is 19.1 Å². The molecule has 0 saturated carbocycles. The molecule has 2 fully saturated rings. The number of ketones is 1. The van der Waals surface area contributed by atoms with E-state index in [9.17, 15) is 14.4 Å². The Labute approximate surface area is 267 Å². The first kappa shape index (κ1) is 31.7. The van der Waals surface area contributed by atoms with Gasteiger partial charge in [-0.15, -0.1) is 0 Å². The zero-order valence-electron chi connectivity index (χ0n) is 25.4. The lowest BCUT2D eigenvalue weighted by Gasteiger charge is -2.58. The molecule has 3 N–H and O–H groups in total. The average Bonchev–Trinajstić information content (AvgIpc) is 3.00. The maximum absolute atomic E-state index is 13.8. The zero-order chi connectivity index (χ0) is 31.4. The molecule has 232 valence electrons. The fraction of sp³-hybridized carbons (Fsp3) is 0.382. The number of methoxy groups -OCH3 is 1. The molecule has 9 nitrogen and oxygen atoms in total. The molecule has 44 heavy (non-hydrogen) atoms. The number of primary amides is 1. The summed E-state index contributed by atoms with van der Waals surface area (Å²) in [6.45, 7) is 2.85. The monoisotopic (exact) mass is 661 g/mol. The van der Waals surface area contributed by atoms with Crippen LogP contribution in [0.25, 0.3) is 0 Å². The van der Waals surface area contributed by atoms with E-state index >= 15 is 0 Å². The SMILES string of the molecule is COc1ccc(NC(=O)N2CCC(CN(C)C)CN3[C@H](CC(=O)c4ccccc4C(N)=O)[C@H](c4ccc(Br)cc4)[C@@H]3C2)cc1. The average molecular weight is 663 g/mol. The van der Waals surface area contributed by atoms with Crippen LogP contribution in [-0.2, 0) is 0 Å². The summed E-state index contributed by atoms with van der Waals surface area (Å²) in [5.41, 5.74) is 8.05. The van der Waals surface area contributed by atoms with Gasteiger partial charge in [-0.1, -0.05) is 46.3 Å². The van der Waals surface area contributed by atoms with Crippen molar-refractivity contribution in [3.05, 3.63) is 94.0 Å². The minimum absolute atomic E-state index is 0.0159. The molecule has 2 saturated heterocycles. The number of fused-ring (bicyclic) bond motifs is 1. The molecule has 0 aliphatic carbocycles. The number of Topliss-reactive ketones (excluding diaryl/α,β-unsaturated/α-hetero) is 1. The first-order chi connectivity index (χ1) is 21.1. The smallest absolute Gasteiger partial charge is 0.321 e. The largest absolute Gasteiger partial charge is 0.497 e. The van der Waals surface area contributed by atoms with Crippen LogP contribution in [0.1, 0.15) is 45.0 Å². The highest BCUT2D eigenvalue weighted by molar-refractivity contribution is 9.10. The molecule has 2 aliphatic rings.